The van der Waals surface area contributed by atoms with Gasteiger partial charge in [0.2, 0.25) is 0 Å². The number of fused-ring (bicyclic) bond motifs is 2. The topological polar surface area (TPSA) is 74.0 Å². The molecule has 0 unspecified atom stereocenters. The Bertz CT molecular complexity index is 1390. The summed E-state index contributed by atoms with van der Waals surface area (Å²) in [5, 5.41) is 14.2. The first-order valence-corrected chi connectivity index (χ1v) is 11.5. The van der Waals surface area contributed by atoms with Gasteiger partial charge < -0.3 is 10.1 Å². The van der Waals surface area contributed by atoms with Gasteiger partial charge in [0.15, 0.2) is 0 Å². The molecule has 1 saturated carbocycles. The van der Waals surface area contributed by atoms with Gasteiger partial charge in [-0.1, -0.05) is 12.1 Å². The van der Waals surface area contributed by atoms with Crippen LogP contribution in [0.15, 0.2) is 36.5 Å². The molecule has 1 N–H and O–H groups in total. The van der Waals surface area contributed by atoms with Crippen molar-refractivity contribution < 1.29 is 13.9 Å². The molecule has 2 aromatic carbocycles. The molecule has 1 saturated heterocycles. The second-order valence-corrected chi connectivity index (χ2v) is 9.42. The maximum atomic E-state index is 15.3. The molecule has 2 aromatic heterocycles. The first kappa shape index (κ1) is 20.4. The van der Waals surface area contributed by atoms with Crippen LogP contribution in [-0.4, -0.2) is 45.2 Å². The minimum absolute atomic E-state index is 0.0382. The van der Waals surface area contributed by atoms with Crippen molar-refractivity contribution in [3.05, 3.63) is 48.0 Å². The van der Waals surface area contributed by atoms with E-state index in [1.165, 1.54) is 6.07 Å². The SMILES string of the molecule is CCOC(=O)Cn1nc(C2CC3(CNC3)C2)c2c(-c3cc4c(cnn4C)cc3F)cccc21. The number of carbonyl (C=O) groups is 1. The van der Waals surface area contributed by atoms with Crippen molar-refractivity contribution >= 4 is 27.8 Å². The van der Waals surface area contributed by atoms with Gasteiger partial charge in [-0.05, 0) is 48.9 Å². The minimum atomic E-state index is -0.324. The number of nitrogens with zero attached hydrogens (tertiary/aromatic N) is 4. The zero-order valence-corrected chi connectivity index (χ0v) is 18.8. The number of esters is 1. The maximum Gasteiger partial charge on any atom is 0.327 e. The van der Waals surface area contributed by atoms with Gasteiger partial charge in [0, 0.05) is 42.4 Å². The van der Waals surface area contributed by atoms with Crippen molar-refractivity contribution in [1.29, 1.82) is 0 Å². The highest BCUT2D eigenvalue weighted by Gasteiger charge is 2.50. The molecule has 8 heteroatoms. The van der Waals surface area contributed by atoms with Gasteiger partial charge in [-0.3, -0.25) is 14.2 Å². The van der Waals surface area contributed by atoms with E-state index in [-0.39, 0.29) is 18.3 Å². The lowest BCUT2D eigenvalue weighted by Crippen LogP contribution is -2.59. The number of rotatable bonds is 5. The quantitative estimate of drug-likeness (QED) is 0.472. The van der Waals surface area contributed by atoms with E-state index in [2.05, 4.69) is 10.4 Å². The third-order valence-electron chi connectivity index (χ3n) is 7.26. The summed E-state index contributed by atoms with van der Waals surface area (Å²) in [6, 6.07) is 9.20. The van der Waals surface area contributed by atoms with Gasteiger partial charge in [0.05, 0.1) is 29.5 Å². The number of aromatic nitrogens is 4. The van der Waals surface area contributed by atoms with E-state index in [1.807, 2.05) is 31.3 Å². The van der Waals surface area contributed by atoms with Gasteiger partial charge in [-0.15, -0.1) is 0 Å². The molecule has 0 radical (unpaired) electrons. The molecule has 1 spiro atoms. The van der Waals surface area contributed by atoms with E-state index in [0.29, 0.717) is 23.5 Å². The van der Waals surface area contributed by atoms with Crippen LogP contribution in [0.5, 0.6) is 0 Å². The predicted octanol–water partition coefficient (Wildman–Crippen LogP) is 3.76. The molecule has 0 atom stereocenters. The molecule has 1 aliphatic heterocycles. The van der Waals surface area contributed by atoms with Crippen LogP contribution in [0.3, 0.4) is 0 Å². The number of carbonyl (C=O) groups excluding carboxylic acids is 1. The zero-order valence-electron chi connectivity index (χ0n) is 18.8. The normalized spacial score (nSPS) is 17.4. The van der Waals surface area contributed by atoms with Gasteiger partial charge in [0.25, 0.3) is 0 Å². The summed E-state index contributed by atoms with van der Waals surface area (Å²) in [5.41, 5.74) is 4.33. The molecule has 2 aliphatic rings. The molecule has 2 fully saturated rings. The monoisotopic (exact) mass is 447 g/mol. The van der Waals surface area contributed by atoms with E-state index in [1.54, 1.807) is 22.5 Å². The summed E-state index contributed by atoms with van der Waals surface area (Å²) in [6.07, 6.45) is 3.79. The van der Waals surface area contributed by atoms with E-state index >= 15 is 4.39 Å². The number of aryl methyl sites for hydroxylation is 1. The summed E-state index contributed by atoms with van der Waals surface area (Å²) in [5.74, 6) is -0.322. The summed E-state index contributed by atoms with van der Waals surface area (Å²) >= 11 is 0. The van der Waals surface area contributed by atoms with Gasteiger partial charge in [-0.25, -0.2) is 4.39 Å². The Morgan fingerprint density at radius 1 is 1.24 bits per heavy atom. The molecular formula is C25H26FN5O2. The number of nitrogens with one attached hydrogen (secondary N) is 1. The van der Waals surface area contributed by atoms with E-state index in [4.69, 9.17) is 9.84 Å². The second kappa shape index (κ2) is 7.38. The Kier molecular flexibility index (Phi) is 4.55. The Morgan fingerprint density at radius 2 is 2.06 bits per heavy atom. The van der Waals surface area contributed by atoms with Crippen molar-refractivity contribution in [3.8, 4) is 11.1 Å². The highest BCUT2D eigenvalue weighted by atomic mass is 19.1. The number of hydrogen-bond donors (Lipinski definition) is 1. The molecular weight excluding hydrogens is 421 g/mol. The van der Waals surface area contributed by atoms with Crippen LogP contribution < -0.4 is 5.32 Å². The third-order valence-corrected chi connectivity index (χ3v) is 7.26. The fraction of sp³-hybridized carbons (Fsp3) is 0.400. The Morgan fingerprint density at radius 3 is 2.79 bits per heavy atom. The summed E-state index contributed by atoms with van der Waals surface area (Å²) in [4.78, 5) is 12.3. The Labute approximate surface area is 190 Å². The fourth-order valence-electron chi connectivity index (χ4n) is 5.54. The second-order valence-electron chi connectivity index (χ2n) is 9.42. The number of hydrogen-bond acceptors (Lipinski definition) is 5. The van der Waals surface area contributed by atoms with Crippen molar-refractivity contribution in [2.24, 2.45) is 12.5 Å². The van der Waals surface area contributed by atoms with Crippen molar-refractivity contribution in [2.45, 2.75) is 32.2 Å². The van der Waals surface area contributed by atoms with Gasteiger partial charge >= 0.3 is 5.97 Å². The average Bonchev–Trinajstić information content (AvgIpc) is 3.26. The molecule has 7 nitrogen and oxygen atoms in total. The molecule has 0 bridgehead atoms. The molecule has 33 heavy (non-hydrogen) atoms. The summed E-state index contributed by atoms with van der Waals surface area (Å²) < 4.78 is 24.0. The largest absolute Gasteiger partial charge is 0.465 e. The molecule has 3 heterocycles. The summed E-state index contributed by atoms with van der Waals surface area (Å²) in [6.45, 7) is 4.24. The van der Waals surface area contributed by atoms with Crippen LogP contribution in [0.25, 0.3) is 32.9 Å². The van der Waals surface area contributed by atoms with Crippen LogP contribution in [-0.2, 0) is 23.1 Å². The van der Waals surface area contributed by atoms with E-state index in [9.17, 15) is 4.79 Å². The molecule has 6 rings (SSSR count). The minimum Gasteiger partial charge on any atom is -0.465 e. The van der Waals surface area contributed by atoms with Gasteiger partial charge in [0.1, 0.15) is 12.4 Å². The average molecular weight is 448 g/mol. The molecule has 4 aromatic rings. The summed E-state index contributed by atoms with van der Waals surface area (Å²) in [7, 11) is 1.86. The van der Waals surface area contributed by atoms with E-state index in [0.717, 1.165) is 59.0 Å². The highest BCUT2D eigenvalue weighted by molar-refractivity contribution is 5.99. The Balaban J connectivity index is 1.52. The van der Waals surface area contributed by atoms with Gasteiger partial charge in [-0.2, -0.15) is 10.2 Å². The lowest BCUT2D eigenvalue weighted by atomic mass is 9.57. The number of halogens is 1. The van der Waals surface area contributed by atoms with Crippen molar-refractivity contribution in [1.82, 2.24) is 24.9 Å². The van der Waals surface area contributed by atoms with Crippen molar-refractivity contribution in [2.75, 3.05) is 19.7 Å². The van der Waals surface area contributed by atoms with Crippen LogP contribution in [0.2, 0.25) is 0 Å². The maximum absolute atomic E-state index is 15.3. The smallest absolute Gasteiger partial charge is 0.327 e. The standard InChI is InChI=1S/C25H26FN5O2/c1-3-33-22(32)12-31-20-6-4-5-17(18-8-21-15(7-19(18)26)11-28-30(21)2)23(20)24(29-31)16-9-25(10-16)13-27-14-25/h4-8,11,16,27H,3,9-10,12-14H2,1-2H3. The van der Waals surface area contributed by atoms with Crippen LogP contribution >= 0.6 is 0 Å². The van der Waals surface area contributed by atoms with E-state index < -0.39 is 0 Å². The van der Waals surface area contributed by atoms with Crippen LogP contribution in [0.1, 0.15) is 31.4 Å². The number of ether oxygens (including phenoxy) is 1. The third kappa shape index (κ3) is 3.15. The van der Waals surface area contributed by atoms with Crippen LogP contribution in [0.4, 0.5) is 4.39 Å². The fourth-order valence-corrected chi connectivity index (χ4v) is 5.54. The highest BCUT2D eigenvalue weighted by Crippen LogP contribution is 2.54. The lowest BCUT2D eigenvalue weighted by Gasteiger charge is -2.54. The number of benzene rings is 2. The molecule has 170 valence electrons. The van der Waals surface area contributed by atoms with Crippen molar-refractivity contribution in [3.63, 3.8) is 0 Å². The predicted molar refractivity (Wildman–Crippen MR) is 123 cm³/mol. The Hall–Kier alpha value is -3.26. The molecule has 0 amide bonds. The molecule has 1 aliphatic carbocycles. The lowest BCUT2D eigenvalue weighted by molar-refractivity contribution is -0.143. The van der Waals surface area contributed by atoms with Crippen LogP contribution in [0, 0.1) is 11.2 Å². The first-order chi connectivity index (χ1) is 16.0. The zero-order chi connectivity index (χ0) is 22.7. The first-order valence-electron chi connectivity index (χ1n) is 11.5.